The van der Waals surface area contributed by atoms with Crippen LogP contribution in [-0.2, 0) is 13.6 Å². The molecule has 2 aliphatic rings. The molecule has 1 unspecified atom stereocenters. The Hall–Kier alpha value is -1.93. The first kappa shape index (κ1) is 16.5. The molecule has 1 aliphatic heterocycles. The number of nitrogens with one attached hydrogen (secondary N) is 1. The molecule has 0 bridgehead atoms. The van der Waals surface area contributed by atoms with Crippen LogP contribution in [0.2, 0.25) is 0 Å². The monoisotopic (exact) mass is 346 g/mol. The highest BCUT2D eigenvalue weighted by molar-refractivity contribution is 5.84. The standard InChI is InChI=1S/C17H26N6O2/c1-12-9-18-7-8-23(12)14-13-15(21(2)16(24)20-14)22(11-19-13)10-17(25)5-3-4-6-17/h11-12,18,25H,3-10H2,1-2H3. The van der Waals surface area contributed by atoms with E-state index in [0.29, 0.717) is 12.4 Å². The molecule has 2 fully saturated rings. The number of imidazole rings is 1. The van der Waals surface area contributed by atoms with Crippen molar-refractivity contribution in [3.63, 3.8) is 0 Å². The third kappa shape index (κ3) is 2.83. The maximum Gasteiger partial charge on any atom is 0.350 e. The van der Waals surface area contributed by atoms with E-state index in [2.05, 4.69) is 27.1 Å². The molecule has 0 radical (unpaired) electrons. The van der Waals surface area contributed by atoms with Crippen molar-refractivity contribution in [2.75, 3.05) is 24.5 Å². The van der Waals surface area contributed by atoms with Crippen LogP contribution in [0.25, 0.3) is 11.2 Å². The maximum absolute atomic E-state index is 12.5. The minimum atomic E-state index is -0.699. The van der Waals surface area contributed by atoms with Gasteiger partial charge >= 0.3 is 5.69 Å². The van der Waals surface area contributed by atoms with E-state index >= 15 is 0 Å². The Morgan fingerprint density at radius 3 is 2.88 bits per heavy atom. The summed E-state index contributed by atoms with van der Waals surface area (Å²) in [7, 11) is 1.72. The van der Waals surface area contributed by atoms with Crippen LogP contribution in [0.5, 0.6) is 0 Å². The Morgan fingerprint density at radius 2 is 2.16 bits per heavy atom. The molecule has 1 aliphatic carbocycles. The molecule has 8 heteroatoms. The van der Waals surface area contributed by atoms with Gasteiger partial charge in [-0.25, -0.2) is 9.78 Å². The van der Waals surface area contributed by atoms with Crippen molar-refractivity contribution in [1.29, 1.82) is 0 Å². The molecule has 0 amide bonds. The van der Waals surface area contributed by atoms with Gasteiger partial charge in [0, 0.05) is 32.7 Å². The third-order valence-corrected chi connectivity index (χ3v) is 5.60. The molecule has 4 rings (SSSR count). The Kier molecular flexibility index (Phi) is 4.04. The van der Waals surface area contributed by atoms with E-state index in [9.17, 15) is 9.90 Å². The van der Waals surface area contributed by atoms with E-state index in [1.54, 1.807) is 13.4 Å². The molecule has 3 heterocycles. The SMILES string of the molecule is CC1CNCCN1c1nc(=O)n(C)c2c1ncn2CC1(O)CCCC1. The lowest BCUT2D eigenvalue weighted by Crippen LogP contribution is -2.50. The van der Waals surface area contributed by atoms with Crippen molar-refractivity contribution in [1.82, 2.24) is 24.4 Å². The maximum atomic E-state index is 12.5. The second-order valence-corrected chi connectivity index (χ2v) is 7.50. The number of anilines is 1. The number of fused-ring (bicyclic) bond motifs is 1. The minimum Gasteiger partial charge on any atom is -0.388 e. The number of aliphatic hydroxyl groups is 1. The predicted molar refractivity (Wildman–Crippen MR) is 95.9 cm³/mol. The van der Waals surface area contributed by atoms with Crippen molar-refractivity contribution in [2.24, 2.45) is 7.05 Å². The van der Waals surface area contributed by atoms with Gasteiger partial charge in [-0.05, 0) is 19.8 Å². The van der Waals surface area contributed by atoms with E-state index in [4.69, 9.17) is 0 Å². The Bertz CT molecular complexity index is 836. The van der Waals surface area contributed by atoms with Crippen molar-refractivity contribution in [2.45, 2.75) is 50.8 Å². The van der Waals surface area contributed by atoms with Crippen molar-refractivity contribution >= 4 is 17.0 Å². The van der Waals surface area contributed by atoms with E-state index in [-0.39, 0.29) is 11.7 Å². The molecule has 0 aromatic carbocycles. The Labute approximate surface area is 146 Å². The van der Waals surface area contributed by atoms with E-state index < -0.39 is 5.60 Å². The van der Waals surface area contributed by atoms with Gasteiger partial charge in [0.15, 0.2) is 5.82 Å². The fourth-order valence-corrected chi connectivity index (χ4v) is 4.17. The molecule has 0 spiro atoms. The van der Waals surface area contributed by atoms with Gasteiger partial charge < -0.3 is 19.9 Å². The number of nitrogens with zero attached hydrogens (tertiary/aromatic N) is 5. The predicted octanol–water partition coefficient (Wildman–Crippen LogP) is 0.233. The van der Waals surface area contributed by atoms with Crippen molar-refractivity contribution in [3.05, 3.63) is 16.8 Å². The molecule has 1 atom stereocenters. The molecule has 1 saturated carbocycles. The summed E-state index contributed by atoms with van der Waals surface area (Å²) in [6, 6.07) is 0.251. The Morgan fingerprint density at radius 1 is 1.40 bits per heavy atom. The number of aryl methyl sites for hydroxylation is 1. The van der Waals surface area contributed by atoms with Crippen LogP contribution in [0.1, 0.15) is 32.6 Å². The van der Waals surface area contributed by atoms with Crippen LogP contribution >= 0.6 is 0 Å². The normalized spacial score (nSPS) is 23.5. The summed E-state index contributed by atoms with van der Waals surface area (Å²) in [6.45, 7) is 5.11. The first-order valence-electron chi connectivity index (χ1n) is 9.10. The van der Waals surface area contributed by atoms with Crippen LogP contribution in [-0.4, -0.2) is 55.5 Å². The lowest BCUT2D eigenvalue weighted by molar-refractivity contribution is 0.0307. The molecule has 8 nitrogen and oxygen atoms in total. The first-order chi connectivity index (χ1) is 12.0. The van der Waals surface area contributed by atoms with Gasteiger partial charge in [-0.2, -0.15) is 4.98 Å². The zero-order valence-corrected chi connectivity index (χ0v) is 14.9. The summed E-state index contributed by atoms with van der Waals surface area (Å²) in [5.41, 5.74) is 0.488. The number of hydrogen-bond acceptors (Lipinski definition) is 6. The average molecular weight is 346 g/mol. The molecule has 25 heavy (non-hydrogen) atoms. The highest BCUT2D eigenvalue weighted by Crippen LogP contribution is 2.32. The summed E-state index contributed by atoms with van der Waals surface area (Å²) in [6.07, 6.45) is 5.43. The number of hydrogen-bond donors (Lipinski definition) is 2. The van der Waals surface area contributed by atoms with Crippen LogP contribution < -0.4 is 15.9 Å². The van der Waals surface area contributed by atoms with Crippen LogP contribution in [0.4, 0.5) is 5.82 Å². The van der Waals surface area contributed by atoms with Crippen LogP contribution in [0.3, 0.4) is 0 Å². The van der Waals surface area contributed by atoms with E-state index in [1.807, 2.05) is 4.57 Å². The Balaban J connectivity index is 1.81. The highest BCUT2D eigenvalue weighted by Gasteiger charge is 2.33. The molecule has 1 saturated heterocycles. The van der Waals surface area contributed by atoms with Crippen molar-refractivity contribution < 1.29 is 5.11 Å². The highest BCUT2D eigenvalue weighted by atomic mass is 16.3. The lowest BCUT2D eigenvalue weighted by Gasteiger charge is -2.34. The smallest absolute Gasteiger partial charge is 0.350 e. The van der Waals surface area contributed by atoms with Gasteiger partial charge in [0.25, 0.3) is 0 Å². The third-order valence-electron chi connectivity index (χ3n) is 5.60. The lowest BCUT2D eigenvalue weighted by atomic mass is 10.0. The second kappa shape index (κ2) is 6.10. The largest absolute Gasteiger partial charge is 0.388 e. The van der Waals surface area contributed by atoms with Gasteiger partial charge in [0.2, 0.25) is 0 Å². The van der Waals surface area contributed by atoms with Gasteiger partial charge in [-0.3, -0.25) is 4.57 Å². The molecule has 136 valence electrons. The molecule has 2 aromatic rings. The molecule has 2 N–H and O–H groups in total. The zero-order chi connectivity index (χ0) is 17.6. The topological polar surface area (TPSA) is 88.2 Å². The molecule has 2 aromatic heterocycles. The quantitative estimate of drug-likeness (QED) is 0.827. The summed E-state index contributed by atoms with van der Waals surface area (Å²) in [5.74, 6) is 0.657. The number of aromatic nitrogens is 4. The van der Waals surface area contributed by atoms with Gasteiger partial charge in [-0.1, -0.05) is 12.8 Å². The fraction of sp³-hybridized carbons (Fsp3) is 0.706. The molecular formula is C17H26N6O2. The van der Waals surface area contributed by atoms with Gasteiger partial charge in [-0.15, -0.1) is 0 Å². The zero-order valence-electron chi connectivity index (χ0n) is 14.9. The van der Waals surface area contributed by atoms with E-state index in [0.717, 1.165) is 56.5 Å². The molecular weight excluding hydrogens is 320 g/mol. The summed E-state index contributed by atoms with van der Waals surface area (Å²) < 4.78 is 3.46. The summed E-state index contributed by atoms with van der Waals surface area (Å²) in [5, 5.41) is 14.1. The fourth-order valence-electron chi connectivity index (χ4n) is 4.17. The second-order valence-electron chi connectivity index (χ2n) is 7.50. The van der Waals surface area contributed by atoms with Gasteiger partial charge in [0.05, 0.1) is 18.5 Å². The van der Waals surface area contributed by atoms with Crippen molar-refractivity contribution in [3.8, 4) is 0 Å². The summed E-state index contributed by atoms with van der Waals surface area (Å²) in [4.78, 5) is 23.5. The van der Waals surface area contributed by atoms with Crippen LogP contribution in [0, 0.1) is 0 Å². The number of piperazine rings is 1. The van der Waals surface area contributed by atoms with Gasteiger partial charge in [0.1, 0.15) is 11.2 Å². The first-order valence-corrected chi connectivity index (χ1v) is 9.10. The van der Waals surface area contributed by atoms with E-state index in [1.165, 1.54) is 4.57 Å². The summed E-state index contributed by atoms with van der Waals surface area (Å²) >= 11 is 0. The van der Waals surface area contributed by atoms with Crippen LogP contribution in [0.15, 0.2) is 11.1 Å². The number of rotatable bonds is 3. The minimum absolute atomic E-state index is 0.251. The average Bonchev–Trinajstić information content (AvgIpc) is 3.19.